The summed E-state index contributed by atoms with van der Waals surface area (Å²) in [4.78, 5) is 9.91. The van der Waals surface area contributed by atoms with Gasteiger partial charge in [-0.3, -0.25) is 0 Å². The van der Waals surface area contributed by atoms with E-state index in [9.17, 15) is 4.39 Å². The lowest BCUT2D eigenvalue weighted by Gasteiger charge is -2.24. The van der Waals surface area contributed by atoms with Gasteiger partial charge in [-0.15, -0.1) is 0 Å². The van der Waals surface area contributed by atoms with E-state index in [2.05, 4.69) is 9.97 Å². The van der Waals surface area contributed by atoms with Gasteiger partial charge in [0.15, 0.2) is 0 Å². The summed E-state index contributed by atoms with van der Waals surface area (Å²) < 4.78 is 19.1. The van der Waals surface area contributed by atoms with Crippen molar-refractivity contribution in [2.75, 3.05) is 25.1 Å². The van der Waals surface area contributed by atoms with Crippen LogP contribution in [-0.4, -0.2) is 30.2 Å². The molecule has 0 radical (unpaired) electrons. The zero-order valence-electron chi connectivity index (χ0n) is 11.3. The van der Waals surface area contributed by atoms with Crippen molar-refractivity contribution in [3.05, 3.63) is 42.5 Å². The molecule has 20 heavy (non-hydrogen) atoms. The van der Waals surface area contributed by atoms with Gasteiger partial charge in [-0.05, 0) is 25.1 Å². The number of rotatable bonds is 6. The number of hydrogen-bond donors (Lipinski definition) is 1. The molecule has 0 aliphatic rings. The fourth-order valence-corrected chi connectivity index (χ4v) is 1.87. The maximum absolute atomic E-state index is 14.0. The van der Waals surface area contributed by atoms with Crippen LogP contribution in [0, 0.1) is 5.82 Å². The quantitative estimate of drug-likeness (QED) is 0.875. The van der Waals surface area contributed by atoms with Crippen molar-refractivity contribution in [1.82, 2.24) is 9.97 Å². The first kappa shape index (κ1) is 14.2. The molecule has 0 bridgehead atoms. The van der Waals surface area contributed by atoms with Crippen molar-refractivity contribution in [2.45, 2.75) is 6.42 Å². The minimum Gasteiger partial charge on any atom is -0.481 e. The molecule has 0 amide bonds. The second kappa shape index (κ2) is 6.81. The molecule has 2 N–H and O–H groups in total. The highest BCUT2D eigenvalue weighted by molar-refractivity contribution is 5.61. The average molecular weight is 276 g/mol. The van der Waals surface area contributed by atoms with Crippen LogP contribution in [0.2, 0.25) is 0 Å². The summed E-state index contributed by atoms with van der Waals surface area (Å²) in [6.45, 7) is 1.09. The number of nitrogens with zero attached hydrogens (tertiary/aromatic N) is 3. The summed E-state index contributed by atoms with van der Waals surface area (Å²) in [5.41, 5.74) is 6.01. The molecule has 0 unspecified atom stereocenters. The Morgan fingerprint density at radius 1 is 1.30 bits per heavy atom. The van der Waals surface area contributed by atoms with Gasteiger partial charge < -0.3 is 15.4 Å². The number of hydrogen-bond acceptors (Lipinski definition) is 5. The third-order valence-corrected chi connectivity index (χ3v) is 2.84. The van der Waals surface area contributed by atoms with Gasteiger partial charge in [0.2, 0.25) is 5.88 Å². The van der Waals surface area contributed by atoms with E-state index in [-0.39, 0.29) is 5.82 Å². The van der Waals surface area contributed by atoms with E-state index in [1.165, 1.54) is 19.5 Å². The number of methoxy groups -OCH3 is 1. The highest BCUT2D eigenvalue weighted by Gasteiger charge is 2.15. The first-order valence-electron chi connectivity index (χ1n) is 6.34. The Balaban J connectivity index is 2.38. The van der Waals surface area contributed by atoms with Crippen LogP contribution in [0.3, 0.4) is 0 Å². The number of halogens is 1. The molecular formula is C14H17FN4O. The third-order valence-electron chi connectivity index (χ3n) is 2.84. The summed E-state index contributed by atoms with van der Waals surface area (Å²) in [7, 11) is 1.53. The van der Waals surface area contributed by atoms with Crippen LogP contribution in [-0.2, 0) is 0 Å². The van der Waals surface area contributed by atoms with E-state index in [4.69, 9.17) is 10.5 Å². The average Bonchev–Trinajstić information content (AvgIpc) is 2.49. The molecule has 0 aliphatic carbocycles. The Morgan fingerprint density at radius 2 is 2.10 bits per heavy atom. The largest absolute Gasteiger partial charge is 0.481 e. The molecule has 0 fully saturated rings. The summed E-state index contributed by atoms with van der Waals surface area (Å²) >= 11 is 0. The van der Waals surface area contributed by atoms with Gasteiger partial charge in [0, 0.05) is 12.6 Å². The minimum absolute atomic E-state index is 0.304. The SMILES string of the molecule is COc1cc(N(CCCN)c2ccccc2F)ncn1. The zero-order chi connectivity index (χ0) is 14.4. The molecule has 0 atom stereocenters. The zero-order valence-corrected chi connectivity index (χ0v) is 11.3. The molecule has 1 aromatic carbocycles. The maximum atomic E-state index is 14.0. The number of ether oxygens (including phenoxy) is 1. The summed E-state index contributed by atoms with van der Waals surface area (Å²) in [6, 6.07) is 8.24. The van der Waals surface area contributed by atoms with E-state index in [0.717, 1.165) is 6.42 Å². The summed E-state index contributed by atoms with van der Waals surface area (Å²) in [5.74, 6) is 0.710. The number of nitrogens with two attached hydrogens (primary N) is 1. The molecule has 0 saturated heterocycles. The van der Waals surface area contributed by atoms with E-state index in [1.807, 2.05) is 0 Å². The topological polar surface area (TPSA) is 64.3 Å². The third kappa shape index (κ3) is 3.21. The van der Waals surface area contributed by atoms with Gasteiger partial charge in [0.1, 0.15) is 18.0 Å². The van der Waals surface area contributed by atoms with Crippen molar-refractivity contribution < 1.29 is 9.13 Å². The van der Waals surface area contributed by atoms with Crippen LogP contribution in [0.25, 0.3) is 0 Å². The molecule has 2 aromatic rings. The monoisotopic (exact) mass is 276 g/mol. The Bertz CT molecular complexity index is 564. The summed E-state index contributed by atoms with van der Waals surface area (Å²) in [6.07, 6.45) is 2.12. The molecule has 1 heterocycles. The first-order valence-corrected chi connectivity index (χ1v) is 6.34. The fourth-order valence-electron chi connectivity index (χ4n) is 1.87. The van der Waals surface area contributed by atoms with Crippen LogP contribution in [0.4, 0.5) is 15.9 Å². The van der Waals surface area contributed by atoms with Gasteiger partial charge >= 0.3 is 0 Å². The molecule has 0 saturated carbocycles. The van der Waals surface area contributed by atoms with E-state index in [0.29, 0.717) is 30.5 Å². The van der Waals surface area contributed by atoms with Crippen molar-refractivity contribution in [3.63, 3.8) is 0 Å². The van der Waals surface area contributed by atoms with Crippen molar-refractivity contribution in [3.8, 4) is 5.88 Å². The first-order chi connectivity index (χ1) is 9.76. The normalized spacial score (nSPS) is 10.3. The van der Waals surface area contributed by atoms with Crippen molar-refractivity contribution >= 4 is 11.5 Å². The highest BCUT2D eigenvalue weighted by atomic mass is 19.1. The smallest absolute Gasteiger partial charge is 0.218 e. The Labute approximate surface area is 117 Å². The number of aromatic nitrogens is 2. The standard InChI is InChI=1S/C14H17FN4O/c1-20-14-9-13(17-10-18-14)19(8-4-7-16)12-6-3-2-5-11(12)15/h2-3,5-6,9-10H,4,7-8,16H2,1H3. The van der Waals surface area contributed by atoms with Crippen LogP contribution in [0.5, 0.6) is 5.88 Å². The number of para-hydroxylation sites is 1. The Hall–Kier alpha value is -2.21. The fraction of sp³-hybridized carbons (Fsp3) is 0.286. The molecule has 1 aromatic heterocycles. The van der Waals surface area contributed by atoms with Crippen LogP contribution in [0.15, 0.2) is 36.7 Å². The summed E-state index contributed by atoms with van der Waals surface area (Å²) in [5, 5.41) is 0. The van der Waals surface area contributed by atoms with Gasteiger partial charge in [0.25, 0.3) is 0 Å². The Morgan fingerprint density at radius 3 is 2.80 bits per heavy atom. The lowest BCUT2D eigenvalue weighted by molar-refractivity contribution is 0.397. The van der Waals surface area contributed by atoms with Gasteiger partial charge in [-0.1, -0.05) is 12.1 Å². The molecule has 5 nitrogen and oxygen atoms in total. The van der Waals surface area contributed by atoms with E-state index >= 15 is 0 Å². The lowest BCUT2D eigenvalue weighted by Crippen LogP contribution is -2.23. The second-order valence-corrected chi connectivity index (χ2v) is 4.16. The van der Waals surface area contributed by atoms with E-state index in [1.54, 1.807) is 29.2 Å². The molecule has 6 heteroatoms. The molecule has 2 rings (SSSR count). The van der Waals surface area contributed by atoms with Crippen LogP contribution in [0.1, 0.15) is 6.42 Å². The highest BCUT2D eigenvalue weighted by Crippen LogP contribution is 2.27. The van der Waals surface area contributed by atoms with Gasteiger partial charge in [-0.25, -0.2) is 14.4 Å². The maximum Gasteiger partial charge on any atom is 0.218 e. The second-order valence-electron chi connectivity index (χ2n) is 4.16. The molecule has 0 aliphatic heterocycles. The van der Waals surface area contributed by atoms with Crippen LogP contribution >= 0.6 is 0 Å². The van der Waals surface area contributed by atoms with Gasteiger partial charge in [-0.2, -0.15) is 0 Å². The predicted molar refractivity (Wildman–Crippen MR) is 75.7 cm³/mol. The minimum atomic E-state index is -0.304. The molecule has 106 valence electrons. The lowest BCUT2D eigenvalue weighted by atomic mass is 10.2. The van der Waals surface area contributed by atoms with Crippen molar-refractivity contribution in [2.24, 2.45) is 5.73 Å². The van der Waals surface area contributed by atoms with Crippen molar-refractivity contribution in [1.29, 1.82) is 0 Å². The Kier molecular flexibility index (Phi) is 4.84. The number of anilines is 2. The number of benzene rings is 1. The molecular weight excluding hydrogens is 259 g/mol. The predicted octanol–water partition coefficient (Wildman–Crippen LogP) is 2.11. The van der Waals surface area contributed by atoms with Gasteiger partial charge in [0.05, 0.1) is 12.8 Å². The molecule has 0 spiro atoms. The van der Waals surface area contributed by atoms with E-state index < -0.39 is 0 Å². The van der Waals surface area contributed by atoms with Crippen LogP contribution < -0.4 is 15.4 Å².